The molecule has 25 heavy (non-hydrogen) atoms. The maximum atomic E-state index is 11.4. The molecule has 0 amide bonds. The Morgan fingerprint density at radius 3 is 1.60 bits per heavy atom. The van der Waals surface area contributed by atoms with Gasteiger partial charge >= 0.3 is 11.9 Å². The highest BCUT2D eigenvalue weighted by atomic mass is 16.4. The third-order valence-corrected chi connectivity index (χ3v) is 4.10. The molecule has 4 heteroatoms. The predicted molar refractivity (Wildman–Crippen MR) is 94.8 cm³/mol. The highest BCUT2D eigenvalue weighted by molar-refractivity contribution is 5.92. The minimum atomic E-state index is -1.11. The summed E-state index contributed by atoms with van der Waals surface area (Å²) in [5.41, 5.74) is 1.93. The van der Waals surface area contributed by atoms with Crippen molar-refractivity contribution in [2.24, 2.45) is 0 Å². The van der Waals surface area contributed by atoms with Gasteiger partial charge in [0, 0.05) is 17.0 Å². The first-order valence-electron chi connectivity index (χ1n) is 7.61. The van der Waals surface area contributed by atoms with E-state index in [9.17, 15) is 19.8 Å². The first-order valence-corrected chi connectivity index (χ1v) is 7.61. The molecule has 2 aromatic carbocycles. The van der Waals surface area contributed by atoms with Crippen molar-refractivity contribution < 1.29 is 19.8 Å². The van der Waals surface area contributed by atoms with Crippen LogP contribution in [0.4, 0.5) is 0 Å². The maximum Gasteiger partial charge on any atom is 0.336 e. The zero-order valence-electron chi connectivity index (χ0n) is 13.6. The van der Waals surface area contributed by atoms with Gasteiger partial charge in [-0.3, -0.25) is 0 Å². The lowest BCUT2D eigenvalue weighted by molar-refractivity contribution is 0.0685. The minimum absolute atomic E-state index is 0.0371. The van der Waals surface area contributed by atoms with Crippen molar-refractivity contribution in [3.8, 4) is 24.7 Å². The normalized spacial score (nSPS) is 10.1. The van der Waals surface area contributed by atoms with Gasteiger partial charge in [-0.15, -0.1) is 12.8 Å². The summed E-state index contributed by atoms with van der Waals surface area (Å²) in [5, 5.41) is 18.7. The van der Waals surface area contributed by atoms with Crippen LogP contribution in [0, 0.1) is 24.7 Å². The first kappa shape index (κ1) is 17.8. The van der Waals surface area contributed by atoms with Crippen molar-refractivity contribution in [2.45, 2.75) is 19.3 Å². The molecule has 0 aliphatic heterocycles. The fourth-order valence-corrected chi connectivity index (χ4v) is 3.01. The Labute approximate surface area is 146 Å². The predicted octanol–water partition coefficient (Wildman–Crippen LogP) is 3.59. The molecule has 0 aliphatic carbocycles. The van der Waals surface area contributed by atoms with Gasteiger partial charge in [0.1, 0.15) is 0 Å². The number of hydrogen-bond donors (Lipinski definition) is 2. The summed E-state index contributed by atoms with van der Waals surface area (Å²) in [6.45, 7) is 1.91. The molecule has 2 N–H and O–H groups in total. The van der Waals surface area contributed by atoms with Crippen molar-refractivity contribution in [3.63, 3.8) is 0 Å². The summed E-state index contributed by atoms with van der Waals surface area (Å²) in [6.07, 6.45) is 11.7. The highest BCUT2D eigenvalue weighted by Gasteiger charge is 2.23. The van der Waals surface area contributed by atoms with Gasteiger partial charge in [-0.25, -0.2) is 9.59 Å². The van der Waals surface area contributed by atoms with Gasteiger partial charge in [0.15, 0.2) is 0 Å². The summed E-state index contributed by atoms with van der Waals surface area (Å²) in [7, 11) is 0. The molecule has 0 unspecified atom stereocenters. The van der Waals surface area contributed by atoms with Crippen LogP contribution >= 0.6 is 0 Å². The molecule has 0 saturated carbocycles. The molecule has 0 aromatic heterocycles. The van der Waals surface area contributed by atoms with Crippen LogP contribution < -0.4 is 0 Å². The first-order chi connectivity index (χ1) is 12.0. The maximum absolute atomic E-state index is 11.4. The topological polar surface area (TPSA) is 74.6 Å². The lowest BCUT2D eigenvalue weighted by Gasteiger charge is -2.21. The third kappa shape index (κ3) is 3.24. The van der Waals surface area contributed by atoms with E-state index in [1.54, 1.807) is 24.3 Å². The van der Waals surface area contributed by atoms with Crippen LogP contribution in [0.3, 0.4) is 0 Å². The second kappa shape index (κ2) is 7.38. The second-order valence-corrected chi connectivity index (χ2v) is 5.40. The molecule has 0 radical (unpaired) electrons. The molecule has 0 spiro atoms. The van der Waals surface area contributed by atoms with Crippen LogP contribution in [0.1, 0.15) is 62.2 Å². The van der Waals surface area contributed by atoms with E-state index in [1.807, 2.05) is 6.92 Å². The Kier molecular flexibility index (Phi) is 5.27. The Hall–Kier alpha value is -3.50. The second-order valence-electron chi connectivity index (χ2n) is 5.40. The van der Waals surface area contributed by atoms with Gasteiger partial charge in [0.25, 0.3) is 0 Å². The van der Waals surface area contributed by atoms with Crippen LogP contribution in [0.5, 0.6) is 0 Å². The Morgan fingerprint density at radius 1 is 0.920 bits per heavy atom. The summed E-state index contributed by atoms with van der Waals surface area (Å²) in [4.78, 5) is 22.9. The smallest absolute Gasteiger partial charge is 0.336 e. The molecule has 4 nitrogen and oxygen atoms in total. The van der Waals surface area contributed by atoms with E-state index in [2.05, 4.69) is 11.8 Å². The standard InChI is InChI=1S/C21H16O4/c1-4-13(16-9-7-11-18(20(22)23)14(16)5-2)17-10-8-12-19(21(24)25)15(17)6-3/h2-3,7-13H,4H2,1H3,(H,22,23)(H,24,25). The van der Waals surface area contributed by atoms with Crippen LogP contribution in [0.25, 0.3) is 0 Å². The molecule has 124 valence electrons. The van der Waals surface area contributed by atoms with E-state index in [0.717, 1.165) is 0 Å². The van der Waals surface area contributed by atoms with E-state index >= 15 is 0 Å². The SMILES string of the molecule is C#Cc1c(C(=O)O)cccc1C(CC)c1cccc(C(=O)O)c1C#C. The van der Waals surface area contributed by atoms with Gasteiger partial charge in [-0.05, 0) is 29.7 Å². The largest absolute Gasteiger partial charge is 0.478 e. The van der Waals surface area contributed by atoms with Gasteiger partial charge in [0.2, 0.25) is 0 Å². The Balaban J connectivity index is 2.76. The molecular weight excluding hydrogens is 316 g/mol. The van der Waals surface area contributed by atoms with Crippen LogP contribution in [-0.2, 0) is 0 Å². The minimum Gasteiger partial charge on any atom is -0.478 e. The molecule has 0 atom stereocenters. The molecule has 0 heterocycles. The van der Waals surface area contributed by atoms with E-state index in [1.165, 1.54) is 12.1 Å². The van der Waals surface area contributed by atoms with Crippen molar-refractivity contribution in [1.29, 1.82) is 0 Å². The zero-order valence-corrected chi connectivity index (χ0v) is 13.6. The van der Waals surface area contributed by atoms with Gasteiger partial charge < -0.3 is 10.2 Å². The van der Waals surface area contributed by atoms with Crippen LogP contribution in [0.2, 0.25) is 0 Å². The van der Waals surface area contributed by atoms with Crippen molar-refractivity contribution in [3.05, 3.63) is 69.8 Å². The van der Waals surface area contributed by atoms with Crippen LogP contribution in [-0.4, -0.2) is 22.2 Å². The molecular formula is C21H16O4. The lowest BCUT2D eigenvalue weighted by atomic mass is 9.81. The van der Waals surface area contributed by atoms with Crippen molar-refractivity contribution in [2.75, 3.05) is 0 Å². The summed E-state index contributed by atoms with van der Waals surface area (Å²) in [5.74, 6) is 2.38. The zero-order chi connectivity index (χ0) is 18.6. The number of rotatable bonds is 5. The number of carboxylic acid groups (broad SMARTS) is 2. The monoisotopic (exact) mass is 332 g/mol. The quantitative estimate of drug-likeness (QED) is 0.821. The number of hydrogen-bond acceptors (Lipinski definition) is 2. The van der Waals surface area contributed by atoms with E-state index in [0.29, 0.717) is 17.5 Å². The Bertz CT molecular complexity index is 850. The number of carbonyl (C=O) groups is 2. The fourth-order valence-electron chi connectivity index (χ4n) is 3.01. The van der Waals surface area contributed by atoms with Gasteiger partial charge in [-0.2, -0.15) is 0 Å². The number of terminal acetylenes is 2. The summed E-state index contributed by atoms with van der Waals surface area (Å²) in [6, 6.07) is 9.65. The Morgan fingerprint density at radius 2 is 1.32 bits per heavy atom. The van der Waals surface area contributed by atoms with Crippen molar-refractivity contribution in [1.82, 2.24) is 0 Å². The van der Waals surface area contributed by atoms with Crippen LogP contribution in [0.15, 0.2) is 36.4 Å². The summed E-state index contributed by atoms with van der Waals surface area (Å²) >= 11 is 0. The number of benzene rings is 2. The van der Waals surface area contributed by atoms with Crippen molar-refractivity contribution >= 4 is 11.9 Å². The van der Waals surface area contributed by atoms with Gasteiger partial charge in [-0.1, -0.05) is 43.0 Å². The van der Waals surface area contributed by atoms with Gasteiger partial charge in [0.05, 0.1) is 11.1 Å². The fraction of sp³-hybridized carbons (Fsp3) is 0.143. The van der Waals surface area contributed by atoms with E-state index < -0.39 is 11.9 Å². The molecule has 0 saturated heterocycles. The van der Waals surface area contributed by atoms with E-state index in [4.69, 9.17) is 12.8 Å². The number of aromatic carboxylic acids is 2. The highest BCUT2D eigenvalue weighted by Crippen LogP contribution is 2.34. The van der Waals surface area contributed by atoms with E-state index in [-0.39, 0.29) is 28.2 Å². The molecule has 2 rings (SSSR count). The molecule has 2 aromatic rings. The molecule has 0 aliphatic rings. The summed E-state index contributed by atoms with van der Waals surface area (Å²) < 4.78 is 0. The average molecular weight is 332 g/mol. The number of carboxylic acids is 2. The third-order valence-electron chi connectivity index (χ3n) is 4.10. The average Bonchev–Trinajstić information content (AvgIpc) is 2.61. The molecule has 0 bridgehead atoms. The molecule has 0 fully saturated rings. The lowest BCUT2D eigenvalue weighted by Crippen LogP contribution is -2.11.